The van der Waals surface area contributed by atoms with Crippen molar-refractivity contribution in [2.45, 2.75) is 64.3 Å². The van der Waals surface area contributed by atoms with Crippen LogP contribution in [0.5, 0.6) is 0 Å². The third-order valence-corrected chi connectivity index (χ3v) is 5.95. The summed E-state index contributed by atoms with van der Waals surface area (Å²) in [5, 5.41) is 12.8. The van der Waals surface area contributed by atoms with Crippen LogP contribution in [0.4, 0.5) is 10.6 Å². The first kappa shape index (κ1) is 21.9. The van der Waals surface area contributed by atoms with Crippen LogP contribution in [0.3, 0.4) is 0 Å². The number of nitrogens with two attached hydrogens (primary N) is 1. The van der Waals surface area contributed by atoms with E-state index in [1.54, 1.807) is 4.68 Å². The molecule has 1 aliphatic carbocycles. The van der Waals surface area contributed by atoms with Crippen molar-refractivity contribution in [3.05, 3.63) is 53.7 Å². The van der Waals surface area contributed by atoms with Gasteiger partial charge in [0.05, 0.1) is 17.8 Å². The Balaban J connectivity index is 1.76. The van der Waals surface area contributed by atoms with Crippen molar-refractivity contribution in [3.8, 4) is 5.69 Å². The third kappa shape index (κ3) is 4.77. The van der Waals surface area contributed by atoms with Gasteiger partial charge in [-0.3, -0.25) is 10.1 Å². The minimum Gasteiger partial charge on any atom is -0.369 e. The second-order valence-corrected chi connectivity index (χ2v) is 9.63. The largest absolute Gasteiger partial charge is 0.369 e. The fourth-order valence-electron chi connectivity index (χ4n) is 4.27. The molecule has 0 saturated heterocycles. The van der Waals surface area contributed by atoms with Crippen LogP contribution in [0.1, 0.15) is 57.7 Å². The molecule has 0 atom stereocenters. The van der Waals surface area contributed by atoms with Gasteiger partial charge >= 0.3 is 6.03 Å². The number of benzene rings is 2. The second kappa shape index (κ2) is 8.65. The molecule has 32 heavy (non-hydrogen) atoms. The molecule has 0 radical (unpaired) electrons. The Bertz CT molecular complexity index is 1150. The lowest BCUT2D eigenvalue weighted by atomic mass is 9.92. The van der Waals surface area contributed by atoms with Crippen molar-refractivity contribution in [1.82, 2.24) is 15.1 Å². The Morgan fingerprint density at radius 2 is 1.84 bits per heavy atom. The molecule has 4 N–H and O–H groups in total. The molecule has 0 unspecified atom stereocenters. The van der Waals surface area contributed by atoms with Crippen LogP contribution in [-0.4, -0.2) is 27.8 Å². The van der Waals surface area contributed by atoms with E-state index in [-0.39, 0.29) is 23.9 Å². The monoisotopic (exact) mass is 433 g/mol. The predicted molar refractivity (Wildman–Crippen MR) is 127 cm³/mol. The lowest BCUT2D eigenvalue weighted by Crippen LogP contribution is -2.36. The number of carbonyl (C=O) groups excluding carboxylic acids is 2. The van der Waals surface area contributed by atoms with E-state index in [0.29, 0.717) is 5.82 Å². The molecule has 2 aromatic carbocycles. The van der Waals surface area contributed by atoms with E-state index in [1.807, 2.05) is 42.5 Å². The summed E-state index contributed by atoms with van der Waals surface area (Å²) in [7, 11) is 0. The molecule has 1 aromatic heterocycles. The van der Waals surface area contributed by atoms with Crippen LogP contribution < -0.4 is 16.4 Å². The molecular weight excluding hydrogens is 402 g/mol. The first-order chi connectivity index (χ1) is 15.2. The first-order valence-corrected chi connectivity index (χ1v) is 11.2. The zero-order valence-corrected chi connectivity index (χ0v) is 18.9. The van der Waals surface area contributed by atoms with Crippen molar-refractivity contribution in [1.29, 1.82) is 0 Å². The summed E-state index contributed by atoms with van der Waals surface area (Å²) in [5.41, 5.74) is 7.78. The van der Waals surface area contributed by atoms with Crippen molar-refractivity contribution in [2.24, 2.45) is 5.73 Å². The van der Waals surface area contributed by atoms with Crippen molar-refractivity contribution in [2.75, 3.05) is 5.32 Å². The van der Waals surface area contributed by atoms with Crippen LogP contribution in [0.25, 0.3) is 16.5 Å². The minimum absolute atomic E-state index is 0.132. The minimum atomic E-state index is -0.391. The number of aromatic nitrogens is 2. The second-order valence-electron chi connectivity index (χ2n) is 9.63. The molecule has 4 rings (SSSR count). The predicted octanol–water partition coefficient (Wildman–Crippen LogP) is 4.41. The van der Waals surface area contributed by atoms with E-state index in [0.717, 1.165) is 53.4 Å². The summed E-state index contributed by atoms with van der Waals surface area (Å²) >= 11 is 0. The number of carbonyl (C=O) groups is 2. The quantitative estimate of drug-likeness (QED) is 0.555. The molecule has 3 amide bonds. The number of primary amides is 1. The molecule has 168 valence electrons. The lowest BCUT2D eigenvalue weighted by Gasteiger charge is -2.15. The maximum atomic E-state index is 12.7. The summed E-state index contributed by atoms with van der Waals surface area (Å²) in [6.07, 6.45) is 4.46. The van der Waals surface area contributed by atoms with E-state index in [1.165, 1.54) is 0 Å². The van der Waals surface area contributed by atoms with Gasteiger partial charge < -0.3 is 11.1 Å². The Morgan fingerprint density at radius 1 is 1.12 bits per heavy atom. The van der Waals surface area contributed by atoms with Gasteiger partial charge in [0, 0.05) is 17.5 Å². The van der Waals surface area contributed by atoms with Gasteiger partial charge in [-0.05, 0) is 41.3 Å². The SMILES string of the molecule is CC(C)(C)c1cc(NC(=O)NC2CCCC2)n(-c2cc(CC(N)=O)c3ccccc3c2)n1. The number of rotatable bonds is 5. The van der Waals surface area contributed by atoms with Crippen molar-refractivity contribution >= 4 is 28.5 Å². The van der Waals surface area contributed by atoms with Gasteiger partial charge in [0.25, 0.3) is 0 Å². The fraction of sp³-hybridized carbons (Fsp3) is 0.400. The highest BCUT2D eigenvalue weighted by atomic mass is 16.2. The summed E-state index contributed by atoms with van der Waals surface area (Å²) in [6.45, 7) is 6.25. The molecule has 1 fully saturated rings. The van der Waals surface area contributed by atoms with Crippen LogP contribution in [-0.2, 0) is 16.6 Å². The Morgan fingerprint density at radius 3 is 2.53 bits per heavy atom. The topological polar surface area (TPSA) is 102 Å². The van der Waals surface area contributed by atoms with Crippen molar-refractivity contribution in [3.63, 3.8) is 0 Å². The number of hydrogen-bond donors (Lipinski definition) is 3. The highest BCUT2D eigenvalue weighted by molar-refractivity contribution is 5.92. The maximum Gasteiger partial charge on any atom is 0.320 e. The molecule has 0 aliphatic heterocycles. The summed E-state index contributed by atoms with van der Waals surface area (Å²) in [4.78, 5) is 24.4. The number of urea groups is 1. The van der Waals surface area contributed by atoms with Crippen molar-refractivity contribution < 1.29 is 9.59 Å². The van der Waals surface area contributed by atoms with Gasteiger partial charge in [0.1, 0.15) is 5.82 Å². The van der Waals surface area contributed by atoms with Gasteiger partial charge in [-0.1, -0.05) is 57.9 Å². The number of fused-ring (bicyclic) bond motifs is 1. The van der Waals surface area contributed by atoms with Gasteiger partial charge in [-0.15, -0.1) is 0 Å². The first-order valence-electron chi connectivity index (χ1n) is 11.2. The molecule has 1 aliphatic rings. The zero-order chi connectivity index (χ0) is 22.9. The van der Waals surface area contributed by atoms with Gasteiger partial charge in [0.2, 0.25) is 5.91 Å². The van der Waals surface area contributed by atoms with E-state index in [9.17, 15) is 9.59 Å². The Kier molecular flexibility index (Phi) is 5.91. The molecule has 3 aromatic rings. The summed E-state index contributed by atoms with van der Waals surface area (Å²) in [5.74, 6) is 0.197. The third-order valence-electron chi connectivity index (χ3n) is 5.95. The zero-order valence-electron chi connectivity index (χ0n) is 18.9. The lowest BCUT2D eigenvalue weighted by molar-refractivity contribution is -0.117. The standard InChI is InChI=1S/C25H31N5O2/c1-25(2,3)21-15-23(28-24(32)27-18-9-5-6-10-18)30(29-21)19-12-16-8-4-7-11-20(16)17(13-19)14-22(26)31/h4,7-8,11-13,15,18H,5-6,9-10,14H2,1-3H3,(H2,26,31)(H2,27,28,32). The van der Waals surface area contributed by atoms with Crippen LogP contribution in [0.2, 0.25) is 0 Å². The normalized spacial score (nSPS) is 14.6. The number of anilines is 1. The van der Waals surface area contributed by atoms with Gasteiger partial charge in [0.15, 0.2) is 0 Å². The Labute approximate surface area is 188 Å². The average molecular weight is 434 g/mol. The van der Waals surface area contributed by atoms with Gasteiger partial charge in [-0.2, -0.15) is 5.10 Å². The smallest absolute Gasteiger partial charge is 0.320 e. The molecule has 7 nitrogen and oxygen atoms in total. The summed E-state index contributed by atoms with van der Waals surface area (Å²) < 4.78 is 1.74. The Hall–Kier alpha value is -3.35. The molecule has 1 saturated carbocycles. The number of hydrogen-bond acceptors (Lipinski definition) is 3. The number of nitrogens with zero attached hydrogens (tertiary/aromatic N) is 2. The molecule has 7 heteroatoms. The highest BCUT2D eigenvalue weighted by Gasteiger charge is 2.23. The molecule has 0 spiro atoms. The number of amides is 3. The highest BCUT2D eigenvalue weighted by Crippen LogP contribution is 2.29. The summed E-state index contributed by atoms with van der Waals surface area (Å²) in [6, 6.07) is 13.7. The van der Waals surface area contributed by atoms with E-state index in [4.69, 9.17) is 10.8 Å². The average Bonchev–Trinajstić information content (AvgIpc) is 3.37. The fourth-order valence-corrected chi connectivity index (χ4v) is 4.27. The molecule has 1 heterocycles. The van der Waals surface area contributed by atoms with Crippen LogP contribution in [0, 0.1) is 0 Å². The van der Waals surface area contributed by atoms with Crippen LogP contribution >= 0.6 is 0 Å². The number of nitrogens with one attached hydrogen (secondary N) is 2. The van der Waals surface area contributed by atoms with E-state index < -0.39 is 5.91 Å². The van der Waals surface area contributed by atoms with Gasteiger partial charge in [-0.25, -0.2) is 9.48 Å². The van der Waals surface area contributed by atoms with Crippen LogP contribution in [0.15, 0.2) is 42.5 Å². The molecular formula is C25H31N5O2. The maximum absolute atomic E-state index is 12.7. The molecule has 0 bridgehead atoms. The van der Waals surface area contributed by atoms with E-state index in [2.05, 4.69) is 31.4 Å². The van der Waals surface area contributed by atoms with E-state index >= 15 is 0 Å².